The van der Waals surface area contributed by atoms with E-state index >= 15 is 0 Å². The number of nitrogens with one attached hydrogen (secondary N) is 1. The van der Waals surface area contributed by atoms with Crippen LogP contribution in [-0.4, -0.2) is 53.7 Å². The maximum Gasteiger partial charge on any atom is 0.323 e. The van der Waals surface area contributed by atoms with Crippen LogP contribution in [0.4, 0.5) is 16.3 Å². The number of nitrogens with zero attached hydrogens (tertiary/aromatic N) is 4. The summed E-state index contributed by atoms with van der Waals surface area (Å²) in [5.41, 5.74) is 2.68. The van der Waals surface area contributed by atoms with E-state index in [4.69, 9.17) is 4.74 Å². The summed E-state index contributed by atoms with van der Waals surface area (Å²) in [7, 11) is 1.54. The van der Waals surface area contributed by atoms with E-state index in [1.54, 1.807) is 6.20 Å². The van der Waals surface area contributed by atoms with E-state index in [2.05, 4.69) is 44.5 Å². The van der Waals surface area contributed by atoms with E-state index in [-0.39, 0.29) is 6.03 Å². The van der Waals surface area contributed by atoms with Crippen molar-refractivity contribution < 1.29 is 9.53 Å². The topological polar surface area (TPSA) is 70.6 Å². The Morgan fingerprint density at radius 3 is 3.08 bits per heavy atom. The van der Waals surface area contributed by atoms with Gasteiger partial charge in [-0.25, -0.2) is 14.8 Å². The number of methoxy groups -OCH3 is 1. The lowest BCUT2D eigenvalue weighted by Crippen LogP contribution is -2.43. The first-order chi connectivity index (χ1) is 12.3. The molecule has 0 saturated carbocycles. The molecule has 7 nitrogen and oxygen atoms in total. The van der Waals surface area contributed by atoms with Crippen LogP contribution in [0.15, 0.2) is 36.8 Å². The third kappa shape index (κ3) is 2.97. The number of urea groups is 1. The fraction of sp³-hybridized carbons (Fsp3) is 0.389. The Morgan fingerprint density at radius 1 is 1.32 bits per heavy atom. The van der Waals surface area contributed by atoms with Crippen LogP contribution < -0.4 is 15.0 Å². The molecule has 2 aliphatic heterocycles. The van der Waals surface area contributed by atoms with Gasteiger partial charge < -0.3 is 14.5 Å². The smallest absolute Gasteiger partial charge is 0.323 e. The summed E-state index contributed by atoms with van der Waals surface area (Å²) in [6.45, 7) is 2.41. The quantitative estimate of drug-likeness (QED) is 0.908. The zero-order valence-corrected chi connectivity index (χ0v) is 14.2. The molecule has 0 unspecified atom stereocenters. The number of aromatic nitrogens is 2. The SMILES string of the molecule is COc1cncnc1NC(=O)N1CCCN2c3ccccc3C[C@@H]2C1. The lowest BCUT2D eigenvalue weighted by molar-refractivity contribution is 0.211. The number of anilines is 2. The van der Waals surface area contributed by atoms with E-state index in [9.17, 15) is 4.79 Å². The standard InChI is InChI=1S/C18H21N5O2/c1-25-16-10-19-12-20-17(16)21-18(24)22-7-4-8-23-14(11-22)9-13-5-2-3-6-15(13)23/h2-3,5-6,10,12,14H,4,7-9,11H2,1H3,(H,19,20,21,24)/t14-/m1/s1. The molecule has 0 aliphatic carbocycles. The number of ether oxygens (including phenoxy) is 1. The Hall–Kier alpha value is -2.83. The Bertz CT molecular complexity index is 782. The minimum absolute atomic E-state index is 0.144. The molecule has 0 bridgehead atoms. The second kappa shape index (κ2) is 6.58. The molecule has 3 heterocycles. The molecule has 4 rings (SSSR count). The van der Waals surface area contributed by atoms with Crippen molar-refractivity contribution in [2.24, 2.45) is 0 Å². The first-order valence-corrected chi connectivity index (χ1v) is 8.50. The lowest BCUT2D eigenvalue weighted by Gasteiger charge is -2.27. The van der Waals surface area contributed by atoms with Gasteiger partial charge in [-0.3, -0.25) is 5.32 Å². The molecule has 130 valence electrons. The number of rotatable bonds is 2. The summed E-state index contributed by atoms with van der Waals surface area (Å²) < 4.78 is 5.20. The van der Waals surface area contributed by atoms with Gasteiger partial charge in [0.05, 0.1) is 19.3 Å². The van der Waals surface area contributed by atoms with E-state index in [0.717, 1.165) is 25.9 Å². The molecule has 1 aromatic carbocycles. The van der Waals surface area contributed by atoms with Crippen molar-refractivity contribution >= 4 is 17.5 Å². The van der Waals surface area contributed by atoms with Crippen LogP contribution >= 0.6 is 0 Å². The zero-order valence-electron chi connectivity index (χ0n) is 14.2. The Kier molecular flexibility index (Phi) is 4.13. The van der Waals surface area contributed by atoms with Gasteiger partial charge in [0.25, 0.3) is 0 Å². The number of hydrogen-bond donors (Lipinski definition) is 1. The highest BCUT2D eigenvalue weighted by atomic mass is 16.5. The molecular weight excluding hydrogens is 318 g/mol. The van der Waals surface area contributed by atoms with Crippen molar-refractivity contribution in [3.63, 3.8) is 0 Å². The van der Waals surface area contributed by atoms with Crippen LogP contribution in [0.3, 0.4) is 0 Å². The van der Waals surface area contributed by atoms with Crippen molar-refractivity contribution in [2.45, 2.75) is 18.9 Å². The van der Waals surface area contributed by atoms with Gasteiger partial charge in [0.15, 0.2) is 11.6 Å². The van der Waals surface area contributed by atoms with Crippen LogP contribution in [-0.2, 0) is 6.42 Å². The highest BCUT2D eigenvalue weighted by Crippen LogP contribution is 2.33. The van der Waals surface area contributed by atoms with Gasteiger partial charge in [0.1, 0.15) is 6.33 Å². The minimum Gasteiger partial charge on any atom is -0.491 e. The normalized spacial score (nSPS) is 19.0. The van der Waals surface area contributed by atoms with Gasteiger partial charge >= 0.3 is 6.03 Å². The van der Waals surface area contributed by atoms with E-state index in [0.29, 0.717) is 24.2 Å². The largest absolute Gasteiger partial charge is 0.491 e. The van der Waals surface area contributed by atoms with Crippen molar-refractivity contribution in [2.75, 3.05) is 37.0 Å². The van der Waals surface area contributed by atoms with Gasteiger partial charge in [-0.05, 0) is 24.5 Å². The summed E-state index contributed by atoms with van der Waals surface area (Å²) in [6, 6.07) is 8.71. The zero-order chi connectivity index (χ0) is 17.2. The van der Waals surface area contributed by atoms with Crippen LogP contribution in [0.2, 0.25) is 0 Å². The second-order valence-corrected chi connectivity index (χ2v) is 6.35. The van der Waals surface area contributed by atoms with Gasteiger partial charge in [0.2, 0.25) is 0 Å². The summed E-state index contributed by atoms with van der Waals surface area (Å²) in [6.07, 6.45) is 4.87. The fourth-order valence-corrected chi connectivity index (χ4v) is 3.69. The first kappa shape index (κ1) is 15.7. The van der Waals surface area contributed by atoms with Gasteiger partial charge in [-0.1, -0.05) is 18.2 Å². The first-order valence-electron chi connectivity index (χ1n) is 8.50. The number of amides is 2. The monoisotopic (exact) mass is 339 g/mol. The predicted octanol–water partition coefficient (Wildman–Crippen LogP) is 2.15. The number of carbonyl (C=O) groups excluding carboxylic acids is 1. The molecule has 1 aromatic heterocycles. The van der Waals surface area contributed by atoms with Crippen molar-refractivity contribution in [1.82, 2.24) is 14.9 Å². The van der Waals surface area contributed by atoms with Crippen LogP contribution in [0.1, 0.15) is 12.0 Å². The molecule has 1 saturated heterocycles. The molecule has 0 spiro atoms. The minimum atomic E-state index is -0.144. The predicted molar refractivity (Wildman–Crippen MR) is 95.1 cm³/mol. The third-order valence-electron chi connectivity index (χ3n) is 4.87. The summed E-state index contributed by atoms with van der Waals surface area (Å²) in [5, 5.41) is 2.85. The van der Waals surface area contributed by atoms with Crippen LogP contribution in [0.5, 0.6) is 5.75 Å². The number of benzene rings is 1. The summed E-state index contributed by atoms with van der Waals surface area (Å²) in [5.74, 6) is 0.860. The number of para-hydroxylation sites is 1. The molecular formula is C18H21N5O2. The Labute approximate surface area is 146 Å². The fourth-order valence-electron chi connectivity index (χ4n) is 3.69. The molecule has 0 radical (unpaired) electrons. The van der Waals surface area contributed by atoms with Crippen LogP contribution in [0, 0.1) is 0 Å². The number of fused-ring (bicyclic) bond motifs is 3. The molecule has 1 N–H and O–H groups in total. The molecule has 2 amide bonds. The summed E-state index contributed by atoms with van der Waals surface area (Å²) in [4.78, 5) is 25.1. The average Bonchev–Trinajstić information content (AvgIpc) is 2.84. The van der Waals surface area contributed by atoms with Crippen LogP contribution in [0.25, 0.3) is 0 Å². The van der Waals surface area contributed by atoms with Crippen molar-refractivity contribution in [3.05, 3.63) is 42.4 Å². The molecule has 1 fully saturated rings. The summed E-state index contributed by atoms with van der Waals surface area (Å²) >= 11 is 0. The Balaban J connectivity index is 1.48. The molecule has 2 aromatic rings. The van der Waals surface area contributed by atoms with E-state index < -0.39 is 0 Å². The number of hydrogen-bond acceptors (Lipinski definition) is 5. The maximum absolute atomic E-state index is 12.7. The van der Waals surface area contributed by atoms with E-state index in [1.807, 2.05) is 4.90 Å². The maximum atomic E-state index is 12.7. The molecule has 1 atom stereocenters. The lowest BCUT2D eigenvalue weighted by atomic mass is 10.1. The highest BCUT2D eigenvalue weighted by molar-refractivity contribution is 5.89. The third-order valence-corrected chi connectivity index (χ3v) is 4.87. The van der Waals surface area contributed by atoms with Crippen molar-refractivity contribution in [3.8, 4) is 5.75 Å². The second-order valence-electron chi connectivity index (χ2n) is 6.35. The molecule has 2 aliphatic rings. The average molecular weight is 339 g/mol. The van der Waals surface area contributed by atoms with E-state index in [1.165, 1.54) is 24.7 Å². The Morgan fingerprint density at radius 2 is 2.20 bits per heavy atom. The highest BCUT2D eigenvalue weighted by Gasteiger charge is 2.33. The van der Waals surface area contributed by atoms with Gasteiger partial charge in [-0.15, -0.1) is 0 Å². The number of carbonyl (C=O) groups is 1. The van der Waals surface area contributed by atoms with Crippen molar-refractivity contribution in [1.29, 1.82) is 0 Å². The van der Waals surface area contributed by atoms with Gasteiger partial charge in [0, 0.05) is 25.3 Å². The van der Waals surface area contributed by atoms with Gasteiger partial charge in [-0.2, -0.15) is 0 Å². The molecule has 7 heteroatoms. The molecule has 25 heavy (non-hydrogen) atoms.